The van der Waals surface area contributed by atoms with Gasteiger partial charge in [0, 0.05) is 5.70 Å². The maximum Gasteiger partial charge on any atom is 0.338 e. The van der Waals surface area contributed by atoms with Crippen LogP contribution in [0.15, 0.2) is 35.5 Å². The molecule has 1 aliphatic heterocycles. The third-order valence-electron chi connectivity index (χ3n) is 3.46. The largest absolute Gasteiger partial charge is 0.497 e. The van der Waals surface area contributed by atoms with Crippen LogP contribution in [-0.4, -0.2) is 24.8 Å². The third kappa shape index (κ3) is 4.22. The van der Waals surface area contributed by atoms with E-state index in [1.54, 1.807) is 7.11 Å². The van der Waals surface area contributed by atoms with E-state index in [4.69, 9.17) is 21.7 Å². The van der Waals surface area contributed by atoms with Gasteiger partial charge in [0.15, 0.2) is 5.11 Å². The lowest BCUT2D eigenvalue weighted by Crippen LogP contribution is -2.45. The minimum Gasteiger partial charge on any atom is -0.497 e. The fourth-order valence-corrected chi connectivity index (χ4v) is 2.63. The molecule has 0 amide bonds. The highest BCUT2D eigenvalue weighted by Gasteiger charge is 2.31. The molecule has 5 nitrogen and oxygen atoms in total. The van der Waals surface area contributed by atoms with Gasteiger partial charge in [-0.05, 0) is 42.8 Å². The van der Waals surface area contributed by atoms with Gasteiger partial charge in [0.05, 0.1) is 25.3 Å². The van der Waals surface area contributed by atoms with E-state index in [2.05, 4.69) is 10.6 Å². The van der Waals surface area contributed by atoms with Crippen LogP contribution in [0.1, 0.15) is 32.4 Å². The van der Waals surface area contributed by atoms with Crippen LogP contribution in [0.5, 0.6) is 5.75 Å². The molecule has 0 radical (unpaired) electrons. The number of thiocarbonyl (C=S) groups is 1. The Balaban J connectivity index is 2.35. The fraction of sp³-hybridized carbons (Fsp3) is 0.412. The van der Waals surface area contributed by atoms with Gasteiger partial charge in [0.25, 0.3) is 0 Å². The van der Waals surface area contributed by atoms with Crippen LogP contribution in [0.2, 0.25) is 0 Å². The molecule has 23 heavy (non-hydrogen) atoms. The van der Waals surface area contributed by atoms with Crippen molar-refractivity contribution in [2.24, 2.45) is 5.92 Å². The second-order valence-corrected chi connectivity index (χ2v) is 6.25. The van der Waals surface area contributed by atoms with Crippen LogP contribution in [0.25, 0.3) is 0 Å². The Morgan fingerprint density at radius 1 is 1.39 bits per heavy atom. The number of allylic oxidation sites excluding steroid dienone is 1. The lowest BCUT2D eigenvalue weighted by Gasteiger charge is -2.30. The molecule has 0 saturated carbocycles. The summed E-state index contributed by atoms with van der Waals surface area (Å²) in [7, 11) is 1.61. The number of carbonyl (C=O) groups excluding carboxylic acids is 1. The van der Waals surface area contributed by atoms with Gasteiger partial charge in [-0.3, -0.25) is 0 Å². The minimum absolute atomic E-state index is 0.278. The molecule has 0 bridgehead atoms. The molecule has 6 heteroatoms. The zero-order valence-corrected chi connectivity index (χ0v) is 14.6. The molecular formula is C17H22N2O3S. The van der Waals surface area contributed by atoms with E-state index < -0.39 is 0 Å². The number of hydrogen-bond donors (Lipinski definition) is 2. The number of ether oxygens (including phenoxy) is 2. The summed E-state index contributed by atoms with van der Waals surface area (Å²) in [6, 6.07) is 7.19. The summed E-state index contributed by atoms with van der Waals surface area (Å²) in [4.78, 5) is 12.5. The Morgan fingerprint density at radius 3 is 2.78 bits per heavy atom. The maximum absolute atomic E-state index is 12.5. The molecule has 0 unspecified atom stereocenters. The number of rotatable bonds is 5. The van der Waals surface area contributed by atoms with Crippen LogP contribution < -0.4 is 15.4 Å². The standard InChI is InChI=1S/C17H22N2O3S/c1-10(2)9-22-16(20)14-11(3)18-17(23)19-15(14)12-6-5-7-13(8-12)21-4/h5-8,10,15H,9H2,1-4H3,(H2,18,19,23)/t15-/m1/s1. The Hall–Kier alpha value is -2.08. The van der Waals surface area contributed by atoms with Crippen molar-refractivity contribution >= 4 is 23.3 Å². The average Bonchev–Trinajstić information content (AvgIpc) is 2.52. The highest BCUT2D eigenvalue weighted by Crippen LogP contribution is 2.29. The molecule has 0 aromatic heterocycles. The summed E-state index contributed by atoms with van der Waals surface area (Å²) >= 11 is 5.23. The molecule has 2 N–H and O–H groups in total. The van der Waals surface area contributed by atoms with Crippen molar-refractivity contribution in [2.45, 2.75) is 26.8 Å². The SMILES string of the molecule is COc1cccc([C@H]2NC(=S)NC(C)=C2C(=O)OCC(C)C)c1. The van der Waals surface area contributed by atoms with E-state index in [1.165, 1.54) is 0 Å². The van der Waals surface area contributed by atoms with Gasteiger partial charge in [-0.1, -0.05) is 26.0 Å². The average molecular weight is 334 g/mol. The van der Waals surface area contributed by atoms with E-state index >= 15 is 0 Å². The molecule has 124 valence electrons. The number of esters is 1. The normalized spacial score (nSPS) is 17.6. The van der Waals surface area contributed by atoms with Crippen LogP contribution in [-0.2, 0) is 9.53 Å². The molecule has 0 fully saturated rings. The molecule has 0 spiro atoms. The lowest BCUT2D eigenvalue weighted by atomic mass is 9.95. The summed E-state index contributed by atoms with van der Waals surface area (Å²) in [6.07, 6.45) is 0. The van der Waals surface area contributed by atoms with E-state index in [-0.39, 0.29) is 17.9 Å². The summed E-state index contributed by atoms with van der Waals surface area (Å²) in [5.74, 6) is 0.661. The second kappa shape index (κ2) is 7.46. The molecule has 1 aliphatic rings. The first-order chi connectivity index (χ1) is 10.9. The first-order valence-corrected chi connectivity index (χ1v) is 7.92. The van der Waals surface area contributed by atoms with Gasteiger partial charge < -0.3 is 20.1 Å². The predicted molar refractivity (Wildman–Crippen MR) is 93.1 cm³/mol. The zero-order valence-electron chi connectivity index (χ0n) is 13.8. The Bertz CT molecular complexity index is 640. The molecule has 1 aromatic carbocycles. The molecular weight excluding hydrogens is 312 g/mol. The van der Waals surface area contributed by atoms with Gasteiger partial charge >= 0.3 is 5.97 Å². The Labute approximate surface area is 142 Å². The monoisotopic (exact) mass is 334 g/mol. The van der Waals surface area contributed by atoms with E-state index in [9.17, 15) is 4.79 Å². The Kier molecular flexibility index (Phi) is 5.60. The van der Waals surface area contributed by atoms with Crippen LogP contribution in [0.4, 0.5) is 0 Å². The number of hydrogen-bond acceptors (Lipinski definition) is 4. The number of methoxy groups -OCH3 is 1. The van der Waals surface area contributed by atoms with Gasteiger partial charge in [0.2, 0.25) is 0 Å². The smallest absolute Gasteiger partial charge is 0.338 e. The van der Waals surface area contributed by atoms with E-state index in [0.717, 1.165) is 11.3 Å². The number of carbonyl (C=O) groups is 1. The van der Waals surface area contributed by atoms with Gasteiger partial charge in [-0.25, -0.2) is 4.79 Å². The minimum atomic E-state index is -0.362. The van der Waals surface area contributed by atoms with Gasteiger partial charge in [-0.2, -0.15) is 0 Å². The van der Waals surface area contributed by atoms with Crippen LogP contribution in [0, 0.1) is 5.92 Å². The van der Waals surface area contributed by atoms with Gasteiger partial charge in [-0.15, -0.1) is 0 Å². The highest BCUT2D eigenvalue weighted by atomic mass is 32.1. The summed E-state index contributed by atoms with van der Waals surface area (Å²) in [5.41, 5.74) is 2.13. The third-order valence-corrected chi connectivity index (χ3v) is 3.68. The van der Waals surface area contributed by atoms with E-state index in [1.807, 2.05) is 45.0 Å². The lowest BCUT2D eigenvalue weighted by molar-refractivity contribution is -0.140. The molecule has 0 saturated heterocycles. The van der Waals surface area contributed by atoms with Crippen molar-refractivity contribution in [3.63, 3.8) is 0 Å². The molecule has 0 aliphatic carbocycles. The van der Waals surface area contributed by atoms with Crippen molar-refractivity contribution in [1.29, 1.82) is 0 Å². The van der Waals surface area contributed by atoms with Crippen molar-refractivity contribution in [3.05, 3.63) is 41.1 Å². The van der Waals surface area contributed by atoms with Gasteiger partial charge in [0.1, 0.15) is 5.75 Å². The molecule has 1 aromatic rings. The molecule has 2 rings (SSSR count). The quantitative estimate of drug-likeness (QED) is 0.638. The maximum atomic E-state index is 12.5. The summed E-state index contributed by atoms with van der Waals surface area (Å²) in [6.45, 7) is 6.21. The molecule has 1 atom stereocenters. The highest BCUT2D eigenvalue weighted by molar-refractivity contribution is 7.80. The first kappa shape index (κ1) is 17.3. The fourth-order valence-electron chi connectivity index (χ4n) is 2.36. The first-order valence-electron chi connectivity index (χ1n) is 7.51. The molecule has 1 heterocycles. The number of nitrogens with one attached hydrogen (secondary N) is 2. The number of benzene rings is 1. The zero-order chi connectivity index (χ0) is 17.0. The van der Waals surface area contributed by atoms with Crippen molar-refractivity contribution in [1.82, 2.24) is 10.6 Å². The Morgan fingerprint density at radius 2 is 2.13 bits per heavy atom. The van der Waals surface area contributed by atoms with E-state index in [0.29, 0.717) is 23.0 Å². The predicted octanol–water partition coefficient (Wildman–Crippen LogP) is 2.69. The summed E-state index contributed by atoms with van der Waals surface area (Å²) < 4.78 is 10.7. The van der Waals surface area contributed by atoms with Crippen molar-refractivity contribution in [2.75, 3.05) is 13.7 Å². The summed E-state index contributed by atoms with van der Waals surface area (Å²) in [5, 5.41) is 6.62. The van der Waals surface area contributed by atoms with Crippen LogP contribution in [0.3, 0.4) is 0 Å². The second-order valence-electron chi connectivity index (χ2n) is 5.84. The van der Waals surface area contributed by atoms with Crippen molar-refractivity contribution < 1.29 is 14.3 Å². The van der Waals surface area contributed by atoms with Crippen LogP contribution >= 0.6 is 12.2 Å². The van der Waals surface area contributed by atoms with Crippen molar-refractivity contribution in [3.8, 4) is 5.75 Å². The topological polar surface area (TPSA) is 59.6 Å².